The van der Waals surface area contributed by atoms with Gasteiger partial charge in [0.25, 0.3) is 0 Å². The zero-order chi connectivity index (χ0) is 23.2. The number of amides is 1. The van der Waals surface area contributed by atoms with E-state index in [0.717, 1.165) is 51.6 Å². The van der Waals surface area contributed by atoms with E-state index < -0.39 is 5.97 Å². The standard InChI is InChI=1S/C28H31NO4/c1-17(30)29-16-23-11-18(3-7-27(32)33)2-5-24(23)22-4-6-26(31)25(12-22)28-13-19-8-20(14-28)10-21(9-19)15-28/h2-7,11-12,19-21,31H,8-10,13-16H2,1H3,(H,29,30)(H,32,33)/b7-3+. The molecule has 4 bridgehead atoms. The van der Waals surface area contributed by atoms with E-state index in [2.05, 4.69) is 11.4 Å². The highest BCUT2D eigenvalue weighted by Gasteiger charge is 2.52. The molecule has 0 aromatic heterocycles. The van der Waals surface area contributed by atoms with Crippen molar-refractivity contribution in [3.8, 4) is 16.9 Å². The fourth-order valence-electron chi connectivity index (χ4n) is 7.10. The van der Waals surface area contributed by atoms with Crippen LogP contribution in [0.15, 0.2) is 42.5 Å². The molecule has 0 aliphatic heterocycles. The predicted octanol–water partition coefficient (Wildman–Crippen LogP) is 5.26. The summed E-state index contributed by atoms with van der Waals surface area (Å²) in [6.45, 7) is 1.84. The average molecular weight is 446 g/mol. The number of phenols is 1. The first-order chi connectivity index (χ1) is 15.8. The van der Waals surface area contributed by atoms with Gasteiger partial charge in [0.05, 0.1) is 0 Å². The zero-order valence-electron chi connectivity index (χ0n) is 19.0. The summed E-state index contributed by atoms with van der Waals surface area (Å²) in [5.41, 5.74) is 4.85. The zero-order valence-corrected chi connectivity index (χ0v) is 19.0. The van der Waals surface area contributed by atoms with Crippen molar-refractivity contribution in [1.82, 2.24) is 5.32 Å². The summed E-state index contributed by atoms with van der Waals surface area (Å²) in [6, 6.07) is 11.7. The number of rotatable bonds is 6. The second-order valence-corrected chi connectivity index (χ2v) is 10.4. The molecule has 1 amide bonds. The SMILES string of the molecule is CC(=O)NCc1cc(/C=C/C(=O)O)ccc1-c1ccc(O)c(C23CC4CC(CC(C4)C2)C3)c1. The molecule has 33 heavy (non-hydrogen) atoms. The minimum Gasteiger partial charge on any atom is -0.508 e. The number of hydrogen-bond acceptors (Lipinski definition) is 3. The summed E-state index contributed by atoms with van der Waals surface area (Å²) >= 11 is 0. The molecule has 2 aromatic carbocycles. The molecule has 0 radical (unpaired) electrons. The number of hydrogen-bond donors (Lipinski definition) is 3. The maximum absolute atomic E-state index is 11.6. The lowest BCUT2D eigenvalue weighted by Gasteiger charge is -2.57. The van der Waals surface area contributed by atoms with Crippen molar-refractivity contribution in [1.29, 1.82) is 0 Å². The van der Waals surface area contributed by atoms with Gasteiger partial charge in [-0.1, -0.05) is 18.2 Å². The Morgan fingerprint density at radius 1 is 1.03 bits per heavy atom. The quantitative estimate of drug-likeness (QED) is 0.529. The van der Waals surface area contributed by atoms with Gasteiger partial charge in [0.15, 0.2) is 0 Å². The van der Waals surface area contributed by atoms with E-state index in [9.17, 15) is 14.7 Å². The van der Waals surface area contributed by atoms with Gasteiger partial charge in [0.2, 0.25) is 5.91 Å². The molecular weight excluding hydrogens is 414 g/mol. The molecule has 5 nitrogen and oxygen atoms in total. The molecule has 4 fully saturated rings. The Morgan fingerprint density at radius 3 is 2.30 bits per heavy atom. The van der Waals surface area contributed by atoms with Crippen LogP contribution in [-0.2, 0) is 21.5 Å². The van der Waals surface area contributed by atoms with Gasteiger partial charge in [0.1, 0.15) is 5.75 Å². The van der Waals surface area contributed by atoms with Gasteiger partial charge >= 0.3 is 5.97 Å². The largest absolute Gasteiger partial charge is 0.508 e. The molecular formula is C28H31NO4. The molecule has 4 saturated carbocycles. The van der Waals surface area contributed by atoms with Crippen LogP contribution in [0.3, 0.4) is 0 Å². The van der Waals surface area contributed by atoms with Crippen molar-refractivity contribution in [3.05, 3.63) is 59.2 Å². The van der Waals surface area contributed by atoms with Gasteiger partial charge in [-0.05, 0) is 108 Å². The maximum atomic E-state index is 11.6. The van der Waals surface area contributed by atoms with Crippen LogP contribution in [-0.4, -0.2) is 22.1 Å². The Kier molecular flexibility index (Phi) is 5.51. The van der Waals surface area contributed by atoms with E-state index in [1.807, 2.05) is 30.3 Å². The van der Waals surface area contributed by atoms with Crippen molar-refractivity contribution in [2.24, 2.45) is 17.8 Å². The van der Waals surface area contributed by atoms with Crippen molar-refractivity contribution in [3.63, 3.8) is 0 Å². The smallest absolute Gasteiger partial charge is 0.328 e. The third-order valence-electron chi connectivity index (χ3n) is 7.99. The lowest BCUT2D eigenvalue weighted by atomic mass is 9.48. The Bertz CT molecular complexity index is 1100. The number of aromatic hydroxyl groups is 1. The van der Waals surface area contributed by atoms with E-state index in [4.69, 9.17) is 5.11 Å². The van der Waals surface area contributed by atoms with Crippen LogP contribution in [0, 0.1) is 17.8 Å². The Balaban J connectivity index is 1.54. The minimum absolute atomic E-state index is 0.0802. The fourth-order valence-corrected chi connectivity index (χ4v) is 7.10. The molecule has 0 saturated heterocycles. The highest BCUT2D eigenvalue weighted by Crippen LogP contribution is 2.62. The first-order valence-electron chi connectivity index (χ1n) is 11.9. The van der Waals surface area contributed by atoms with Crippen LogP contribution in [0.5, 0.6) is 5.75 Å². The van der Waals surface area contributed by atoms with Crippen molar-refractivity contribution in [2.75, 3.05) is 0 Å². The first-order valence-corrected chi connectivity index (χ1v) is 11.9. The molecule has 5 heteroatoms. The van der Waals surface area contributed by atoms with Crippen LogP contribution in [0.4, 0.5) is 0 Å². The van der Waals surface area contributed by atoms with E-state index in [-0.39, 0.29) is 11.3 Å². The first kappa shape index (κ1) is 21.7. The van der Waals surface area contributed by atoms with E-state index in [0.29, 0.717) is 12.3 Å². The molecule has 4 aliphatic rings. The molecule has 2 aromatic rings. The fraction of sp³-hybridized carbons (Fsp3) is 0.429. The number of carbonyl (C=O) groups excluding carboxylic acids is 1. The van der Waals surface area contributed by atoms with Gasteiger partial charge in [-0.3, -0.25) is 4.79 Å². The third kappa shape index (κ3) is 4.29. The highest BCUT2D eigenvalue weighted by atomic mass is 16.4. The van der Waals surface area contributed by atoms with E-state index in [1.54, 1.807) is 6.08 Å². The molecule has 4 aliphatic carbocycles. The summed E-state index contributed by atoms with van der Waals surface area (Å²) in [5, 5.41) is 22.8. The Labute approximate surface area is 194 Å². The minimum atomic E-state index is -0.999. The number of benzene rings is 2. The topological polar surface area (TPSA) is 86.6 Å². The summed E-state index contributed by atoms with van der Waals surface area (Å²) in [7, 11) is 0. The molecule has 6 rings (SSSR count). The number of carbonyl (C=O) groups is 2. The van der Waals surface area contributed by atoms with Gasteiger partial charge in [-0.25, -0.2) is 4.79 Å². The van der Waals surface area contributed by atoms with Gasteiger partial charge < -0.3 is 15.5 Å². The van der Waals surface area contributed by atoms with Crippen LogP contribution in [0.2, 0.25) is 0 Å². The van der Waals surface area contributed by atoms with Crippen LogP contribution < -0.4 is 5.32 Å². The van der Waals surface area contributed by atoms with Crippen LogP contribution in [0.1, 0.15) is 62.1 Å². The summed E-state index contributed by atoms with van der Waals surface area (Å²) < 4.78 is 0. The number of carboxylic acids is 1. The lowest BCUT2D eigenvalue weighted by molar-refractivity contribution is -0.131. The third-order valence-corrected chi connectivity index (χ3v) is 7.99. The van der Waals surface area contributed by atoms with Gasteiger partial charge in [0, 0.05) is 25.1 Å². The second kappa shape index (κ2) is 8.36. The monoisotopic (exact) mass is 445 g/mol. The second-order valence-electron chi connectivity index (χ2n) is 10.4. The lowest BCUT2D eigenvalue weighted by Crippen LogP contribution is -2.48. The highest BCUT2D eigenvalue weighted by molar-refractivity contribution is 5.85. The Hall–Kier alpha value is -3.08. The average Bonchev–Trinajstić information content (AvgIpc) is 2.75. The van der Waals surface area contributed by atoms with E-state index >= 15 is 0 Å². The maximum Gasteiger partial charge on any atom is 0.328 e. The summed E-state index contributed by atoms with van der Waals surface area (Å²) in [4.78, 5) is 22.5. The van der Waals surface area contributed by atoms with Crippen molar-refractivity contribution < 1.29 is 19.8 Å². The van der Waals surface area contributed by atoms with Gasteiger partial charge in [-0.2, -0.15) is 0 Å². The molecule has 0 spiro atoms. The number of carboxylic acid groups (broad SMARTS) is 1. The molecule has 0 unspecified atom stereocenters. The van der Waals surface area contributed by atoms with Crippen LogP contribution >= 0.6 is 0 Å². The predicted molar refractivity (Wildman–Crippen MR) is 128 cm³/mol. The molecule has 172 valence electrons. The molecule has 3 N–H and O–H groups in total. The number of aliphatic carboxylic acids is 1. The Morgan fingerprint density at radius 2 is 1.70 bits per heavy atom. The normalized spacial score (nSPS) is 27.7. The number of phenolic OH excluding ortho intramolecular Hbond substituents is 1. The molecule has 0 heterocycles. The summed E-state index contributed by atoms with van der Waals surface area (Å²) in [5.74, 6) is 1.64. The number of nitrogens with one attached hydrogen (secondary N) is 1. The van der Waals surface area contributed by atoms with Gasteiger partial charge in [-0.15, -0.1) is 0 Å². The van der Waals surface area contributed by atoms with E-state index in [1.165, 1.54) is 45.4 Å². The van der Waals surface area contributed by atoms with Crippen molar-refractivity contribution >= 4 is 18.0 Å². The van der Waals surface area contributed by atoms with Crippen molar-refractivity contribution in [2.45, 2.75) is 57.4 Å². The van der Waals surface area contributed by atoms with Crippen LogP contribution in [0.25, 0.3) is 17.2 Å². The summed E-state index contributed by atoms with van der Waals surface area (Å²) in [6.07, 6.45) is 10.3. The molecule has 0 atom stereocenters.